The van der Waals surface area contributed by atoms with Gasteiger partial charge in [0.2, 0.25) is 0 Å². The number of anilines is 6. The predicted molar refractivity (Wildman–Crippen MR) is 311 cm³/mol. The van der Waals surface area contributed by atoms with Crippen LogP contribution in [0.2, 0.25) is 13.1 Å². The minimum atomic E-state index is -2.37. The second-order valence-electron chi connectivity index (χ2n) is 19.9. The Kier molecular flexibility index (Phi) is 9.08. The van der Waals surface area contributed by atoms with E-state index in [1.165, 1.54) is 48.4 Å². The smallest absolute Gasteiger partial charge is 0.159 e. The van der Waals surface area contributed by atoms with Gasteiger partial charge in [0.25, 0.3) is 0 Å². The van der Waals surface area contributed by atoms with Gasteiger partial charge in [-0.2, -0.15) is 0 Å². The van der Waals surface area contributed by atoms with Crippen molar-refractivity contribution in [1.82, 2.24) is 0 Å². The highest BCUT2D eigenvalue weighted by molar-refractivity contribution is 7.03. The summed E-state index contributed by atoms with van der Waals surface area (Å²) in [7, 11) is -2.37. The fourth-order valence-corrected chi connectivity index (χ4v) is 15.4. The molecule has 0 saturated heterocycles. The Hall–Kier alpha value is -9.16. The molecule has 0 fully saturated rings. The SMILES string of the molecule is C[Si]1(C)c2cc(N(c3ccccc3)c3cccc4c3oc3ccccc34)ccc2-c2cc3c4ccccc4c(N(c4ccccc4-c4ccccc4)c4cccc5c4oc4ccccc45)cc3c3cccc1c23. The molecule has 0 atom stereocenters. The number of rotatable bonds is 7. The summed E-state index contributed by atoms with van der Waals surface area (Å²) < 4.78 is 13.6. The number of hydrogen-bond donors (Lipinski definition) is 0. The molecule has 73 heavy (non-hydrogen) atoms. The van der Waals surface area contributed by atoms with Gasteiger partial charge in [-0.3, -0.25) is 0 Å². The molecule has 15 rings (SSSR count). The quantitative estimate of drug-likeness (QED) is 0.118. The molecule has 3 heterocycles. The molecule has 0 saturated carbocycles. The number of benzene rings is 12. The molecular weight excluding hydrogens is 905 g/mol. The van der Waals surface area contributed by atoms with Crippen LogP contribution in [0.15, 0.2) is 251 Å². The van der Waals surface area contributed by atoms with Gasteiger partial charge in [0.05, 0.1) is 22.7 Å². The van der Waals surface area contributed by atoms with E-state index < -0.39 is 8.07 Å². The Labute approximate surface area is 423 Å². The first kappa shape index (κ1) is 41.6. The van der Waals surface area contributed by atoms with Crippen molar-refractivity contribution in [2.45, 2.75) is 13.1 Å². The molecule has 0 spiro atoms. The molecule has 344 valence electrons. The van der Waals surface area contributed by atoms with Crippen molar-refractivity contribution in [3.63, 3.8) is 0 Å². The summed E-state index contributed by atoms with van der Waals surface area (Å²) in [6, 6.07) is 88.4. The van der Waals surface area contributed by atoms with Gasteiger partial charge < -0.3 is 18.6 Å². The molecular formula is C68H46N2O2Si. The van der Waals surface area contributed by atoms with Crippen molar-refractivity contribution >= 4 is 129 Å². The first-order valence-electron chi connectivity index (χ1n) is 25.2. The number of fused-ring (bicyclic) bond motifs is 12. The zero-order chi connectivity index (χ0) is 48.4. The third-order valence-electron chi connectivity index (χ3n) is 15.6. The maximum atomic E-state index is 6.89. The van der Waals surface area contributed by atoms with E-state index in [-0.39, 0.29) is 0 Å². The monoisotopic (exact) mass is 950 g/mol. The van der Waals surface area contributed by atoms with Crippen molar-refractivity contribution in [2.24, 2.45) is 0 Å². The summed E-state index contributed by atoms with van der Waals surface area (Å²) >= 11 is 0. The van der Waals surface area contributed by atoms with Crippen LogP contribution >= 0.6 is 0 Å². The highest BCUT2D eigenvalue weighted by Gasteiger charge is 2.37. The molecule has 1 aliphatic rings. The average Bonchev–Trinajstić information content (AvgIpc) is 4.05. The lowest BCUT2D eigenvalue weighted by molar-refractivity contribution is 0.669. The van der Waals surface area contributed by atoms with E-state index in [2.05, 4.69) is 259 Å². The largest absolute Gasteiger partial charge is 0.454 e. The molecule has 0 bridgehead atoms. The van der Waals surface area contributed by atoms with Crippen molar-refractivity contribution < 1.29 is 8.83 Å². The van der Waals surface area contributed by atoms with Gasteiger partial charge in [0.15, 0.2) is 11.2 Å². The van der Waals surface area contributed by atoms with Crippen LogP contribution in [-0.4, -0.2) is 8.07 Å². The lowest BCUT2D eigenvalue weighted by Gasteiger charge is -2.36. The van der Waals surface area contributed by atoms with Crippen LogP contribution in [0.1, 0.15) is 0 Å². The second kappa shape index (κ2) is 15.9. The molecule has 0 aliphatic carbocycles. The Morgan fingerprint density at radius 2 is 0.836 bits per heavy atom. The number of nitrogens with zero attached hydrogens (tertiary/aromatic N) is 2. The zero-order valence-electron chi connectivity index (χ0n) is 40.3. The lowest BCUT2D eigenvalue weighted by atomic mass is 9.89. The van der Waals surface area contributed by atoms with Gasteiger partial charge >= 0.3 is 0 Å². The van der Waals surface area contributed by atoms with Crippen molar-refractivity contribution in [3.05, 3.63) is 243 Å². The third-order valence-corrected chi connectivity index (χ3v) is 19.1. The van der Waals surface area contributed by atoms with Crippen molar-refractivity contribution in [2.75, 3.05) is 9.80 Å². The lowest BCUT2D eigenvalue weighted by Crippen LogP contribution is -2.56. The highest BCUT2D eigenvalue weighted by atomic mass is 28.3. The minimum absolute atomic E-state index is 0.858. The standard InChI is InChI=1S/C68H46N2O2Si/c1-73(2)64-37-19-29-52-56-42-61(70(58-32-14-11-24-46(58)43-20-5-3-6-21-43)60-34-18-31-54-50-28-13-16-36-63(50)72-68(54)60)48-26-10-9-25-47(48)55(56)41-57(66(52)64)51-39-38-45(40-65(51)73)69(44-22-7-4-8-23-44)59-33-17-30-53-49-27-12-15-35-62(49)71-67(53)59/h3-42H,1-2H3. The molecule has 0 N–H and O–H groups in total. The Bertz CT molecular complexity index is 4550. The summed E-state index contributed by atoms with van der Waals surface area (Å²) in [4.78, 5) is 4.85. The number of para-hydroxylation sites is 6. The number of hydrogen-bond acceptors (Lipinski definition) is 4. The van der Waals surface area contributed by atoms with Gasteiger partial charge in [-0.25, -0.2) is 0 Å². The first-order chi connectivity index (χ1) is 36.0. The van der Waals surface area contributed by atoms with Gasteiger partial charge in [0.1, 0.15) is 19.2 Å². The van der Waals surface area contributed by atoms with Crippen LogP contribution in [0, 0.1) is 0 Å². The molecule has 1 aliphatic heterocycles. The average molecular weight is 951 g/mol. The van der Waals surface area contributed by atoms with E-state index in [0.717, 1.165) is 94.5 Å². The third kappa shape index (κ3) is 6.19. The first-order valence-corrected chi connectivity index (χ1v) is 28.2. The van der Waals surface area contributed by atoms with Crippen LogP contribution in [0.25, 0.3) is 98.4 Å². The van der Waals surface area contributed by atoms with Crippen molar-refractivity contribution in [1.29, 1.82) is 0 Å². The van der Waals surface area contributed by atoms with Gasteiger partial charge in [-0.1, -0.05) is 189 Å². The highest BCUT2D eigenvalue weighted by Crippen LogP contribution is 2.51. The van der Waals surface area contributed by atoms with E-state index in [1.807, 2.05) is 6.07 Å². The molecule has 4 nitrogen and oxygen atoms in total. The van der Waals surface area contributed by atoms with Crippen LogP contribution in [0.3, 0.4) is 0 Å². The molecule has 2 aromatic heterocycles. The van der Waals surface area contributed by atoms with Crippen LogP contribution in [-0.2, 0) is 0 Å². The van der Waals surface area contributed by atoms with E-state index in [1.54, 1.807) is 0 Å². The topological polar surface area (TPSA) is 32.8 Å². The molecule has 0 unspecified atom stereocenters. The van der Waals surface area contributed by atoms with Crippen molar-refractivity contribution in [3.8, 4) is 22.3 Å². The Morgan fingerprint density at radius 1 is 0.301 bits per heavy atom. The van der Waals surface area contributed by atoms with E-state index in [4.69, 9.17) is 8.83 Å². The van der Waals surface area contributed by atoms with E-state index >= 15 is 0 Å². The molecule has 5 heteroatoms. The zero-order valence-corrected chi connectivity index (χ0v) is 41.3. The van der Waals surface area contributed by atoms with Crippen LogP contribution < -0.4 is 20.2 Å². The maximum absolute atomic E-state index is 6.89. The molecule has 0 amide bonds. The fourth-order valence-electron chi connectivity index (χ4n) is 12.3. The normalized spacial score (nSPS) is 12.9. The predicted octanol–water partition coefficient (Wildman–Crippen LogP) is 18.4. The summed E-state index contributed by atoms with van der Waals surface area (Å²) in [6.07, 6.45) is 0. The summed E-state index contributed by atoms with van der Waals surface area (Å²) in [6.45, 7) is 5.07. The van der Waals surface area contributed by atoms with Gasteiger partial charge in [-0.15, -0.1) is 0 Å². The number of furan rings is 2. The fraction of sp³-hybridized carbons (Fsp3) is 0.0294. The maximum Gasteiger partial charge on any atom is 0.159 e. The molecule has 0 radical (unpaired) electrons. The van der Waals surface area contributed by atoms with Gasteiger partial charge in [0, 0.05) is 43.9 Å². The second-order valence-corrected chi connectivity index (χ2v) is 24.3. The minimum Gasteiger partial charge on any atom is -0.454 e. The summed E-state index contributed by atoms with van der Waals surface area (Å²) in [5, 5.41) is 14.8. The summed E-state index contributed by atoms with van der Waals surface area (Å²) in [5.74, 6) is 0. The molecule has 12 aromatic carbocycles. The molecule has 14 aromatic rings. The van der Waals surface area contributed by atoms with Crippen LogP contribution in [0.4, 0.5) is 34.1 Å². The summed E-state index contributed by atoms with van der Waals surface area (Å²) in [5.41, 5.74) is 14.8. The van der Waals surface area contributed by atoms with E-state index in [0.29, 0.717) is 0 Å². The van der Waals surface area contributed by atoms with Crippen LogP contribution in [0.5, 0.6) is 0 Å². The Balaban J connectivity index is 0.981. The van der Waals surface area contributed by atoms with Gasteiger partial charge in [-0.05, 0) is 121 Å². The van der Waals surface area contributed by atoms with E-state index in [9.17, 15) is 0 Å². The Morgan fingerprint density at radius 3 is 1.55 bits per heavy atom.